The van der Waals surface area contributed by atoms with Gasteiger partial charge in [-0.3, -0.25) is 4.99 Å². The molecule has 0 amide bonds. The molecule has 0 fully saturated rings. The number of rotatable bonds is 3. The van der Waals surface area contributed by atoms with Crippen molar-refractivity contribution < 1.29 is 15.0 Å². The Hall–Kier alpha value is -2.14. The van der Waals surface area contributed by atoms with Gasteiger partial charge in [0.1, 0.15) is 0 Å². The number of hydrogen-bond donors (Lipinski definition) is 1. The molecule has 19 heavy (non-hydrogen) atoms. The van der Waals surface area contributed by atoms with Gasteiger partial charge in [-0.1, -0.05) is 39.9 Å². The average Bonchev–Trinajstić information content (AvgIpc) is 2.40. The zero-order chi connectivity index (χ0) is 13.8. The second-order valence-electron chi connectivity index (χ2n) is 3.76. The number of hydrogen-bond acceptors (Lipinski definition) is 3. The van der Waals surface area contributed by atoms with Crippen LogP contribution in [0.4, 0.5) is 5.69 Å². The first-order valence-corrected chi connectivity index (χ1v) is 6.20. The van der Waals surface area contributed by atoms with Crippen LogP contribution < -0.4 is 5.11 Å². The van der Waals surface area contributed by atoms with Crippen molar-refractivity contribution in [3.63, 3.8) is 0 Å². The highest BCUT2D eigenvalue weighted by Gasteiger charge is 2.07. The van der Waals surface area contributed by atoms with E-state index in [1.807, 2.05) is 0 Å². The molecule has 2 rings (SSSR count). The first-order valence-electron chi connectivity index (χ1n) is 5.41. The highest BCUT2D eigenvalue weighted by molar-refractivity contribution is 9.10. The van der Waals surface area contributed by atoms with Crippen molar-refractivity contribution in [2.24, 2.45) is 4.99 Å². The molecule has 0 bridgehead atoms. The van der Waals surface area contributed by atoms with Gasteiger partial charge in [-0.25, -0.2) is 4.79 Å². The fraction of sp³-hybridized carbons (Fsp3) is 0. The molecule has 0 aliphatic heterocycles. The van der Waals surface area contributed by atoms with Crippen LogP contribution in [0.2, 0.25) is 0 Å². The Bertz CT molecular complexity index is 653. The van der Waals surface area contributed by atoms with Crippen molar-refractivity contribution in [3.8, 4) is 5.75 Å². The lowest BCUT2D eigenvalue weighted by Gasteiger charge is -2.09. The van der Waals surface area contributed by atoms with Crippen LogP contribution in [0.5, 0.6) is 5.75 Å². The van der Waals surface area contributed by atoms with E-state index in [-0.39, 0.29) is 11.3 Å². The van der Waals surface area contributed by atoms with Gasteiger partial charge >= 0.3 is 5.97 Å². The van der Waals surface area contributed by atoms with E-state index < -0.39 is 5.97 Å². The van der Waals surface area contributed by atoms with Gasteiger partial charge in [0.25, 0.3) is 0 Å². The molecule has 0 heterocycles. The van der Waals surface area contributed by atoms with Gasteiger partial charge in [-0.15, -0.1) is 0 Å². The van der Waals surface area contributed by atoms with Gasteiger partial charge in [0.2, 0.25) is 0 Å². The number of carboxylic acids is 1. The van der Waals surface area contributed by atoms with Crippen LogP contribution in [0, 0.1) is 0 Å². The maximum absolute atomic E-state index is 11.6. The lowest BCUT2D eigenvalue weighted by atomic mass is 10.2. The molecule has 4 nitrogen and oxygen atoms in total. The van der Waals surface area contributed by atoms with Gasteiger partial charge in [-0.2, -0.15) is 0 Å². The Morgan fingerprint density at radius 2 is 2.00 bits per heavy atom. The summed E-state index contributed by atoms with van der Waals surface area (Å²) in [5, 5.41) is 20.6. The zero-order valence-electron chi connectivity index (χ0n) is 9.71. The molecule has 0 radical (unpaired) electrons. The summed E-state index contributed by atoms with van der Waals surface area (Å²) in [5.74, 6) is -1.22. The minimum Gasteiger partial charge on any atom is -0.872 e. The summed E-state index contributed by atoms with van der Waals surface area (Å²) >= 11 is 3.27. The average molecular weight is 319 g/mol. The van der Waals surface area contributed by atoms with Gasteiger partial charge in [0.15, 0.2) is 0 Å². The Labute approximate surface area is 118 Å². The molecule has 1 N–H and O–H groups in total. The van der Waals surface area contributed by atoms with Crippen molar-refractivity contribution in [1.82, 2.24) is 0 Å². The molecule has 0 unspecified atom stereocenters. The van der Waals surface area contributed by atoms with Crippen molar-refractivity contribution in [1.29, 1.82) is 0 Å². The van der Waals surface area contributed by atoms with E-state index in [1.54, 1.807) is 30.3 Å². The molecule has 0 spiro atoms. The fourth-order valence-corrected chi connectivity index (χ4v) is 1.91. The Morgan fingerprint density at radius 1 is 1.26 bits per heavy atom. The largest absolute Gasteiger partial charge is 0.872 e. The van der Waals surface area contributed by atoms with E-state index in [0.29, 0.717) is 11.3 Å². The Kier molecular flexibility index (Phi) is 3.97. The number of para-hydroxylation sites is 1. The maximum atomic E-state index is 11.6. The SMILES string of the molecule is O=C(O)c1ccccc1N=Cc1cc(Br)ccc1[O-]. The van der Waals surface area contributed by atoms with Gasteiger partial charge in [0.05, 0.1) is 11.3 Å². The third-order valence-corrected chi connectivity index (χ3v) is 2.94. The monoisotopic (exact) mass is 318 g/mol. The molecular formula is C14H9BrNO3-. The summed E-state index contributed by atoms with van der Waals surface area (Å²) in [4.78, 5) is 15.1. The van der Waals surface area contributed by atoms with Crippen LogP contribution in [0.25, 0.3) is 0 Å². The predicted molar refractivity (Wildman–Crippen MR) is 74.2 cm³/mol. The molecule has 5 heteroatoms. The molecule has 2 aromatic carbocycles. The first-order chi connectivity index (χ1) is 9.08. The van der Waals surface area contributed by atoms with E-state index in [1.165, 1.54) is 18.3 Å². The van der Waals surface area contributed by atoms with E-state index >= 15 is 0 Å². The number of benzene rings is 2. The van der Waals surface area contributed by atoms with E-state index in [0.717, 1.165) is 4.47 Å². The van der Waals surface area contributed by atoms with Crippen LogP contribution >= 0.6 is 15.9 Å². The number of aromatic carboxylic acids is 1. The molecule has 0 saturated heterocycles. The smallest absolute Gasteiger partial charge is 0.337 e. The van der Waals surface area contributed by atoms with Crippen LogP contribution in [-0.4, -0.2) is 17.3 Å². The van der Waals surface area contributed by atoms with Crippen molar-refractivity contribution >= 4 is 33.8 Å². The van der Waals surface area contributed by atoms with Crippen LogP contribution in [0.15, 0.2) is 51.9 Å². The van der Waals surface area contributed by atoms with Gasteiger partial charge in [0, 0.05) is 10.7 Å². The van der Waals surface area contributed by atoms with Crippen molar-refractivity contribution in [2.75, 3.05) is 0 Å². The van der Waals surface area contributed by atoms with Gasteiger partial charge in [-0.05, 0) is 29.8 Å². The van der Waals surface area contributed by atoms with Crippen molar-refractivity contribution in [2.45, 2.75) is 0 Å². The minimum absolute atomic E-state index is 0.0983. The summed E-state index contributed by atoms with van der Waals surface area (Å²) in [6.07, 6.45) is 1.37. The number of aliphatic imine (C=N–C) groups is 1. The Morgan fingerprint density at radius 3 is 2.74 bits per heavy atom. The van der Waals surface area contributed by atoms with Crippen LogP contribution in [0.1, 0.15) is 15.9 Å². The molecular weight excluding hydrogens is 310 g/mol. The quantitative estimate of drug-likeness (QED) is 0.884. The summed E-state index contributed by atoms with van der Waals surface area (Å²) in [5.41, 5.74) is 0.810. The lowest BCUT2D eigenvalue weighted by Crippen LogP contribution is -1.97. The van der Waals surface area contributed by atoms with Gasteiger partial charge < -0.3 is 10.2 Å². The minimum atomic E-state index is -1.05. The van der Waals surface area contributed by atoms with E-state index in [4.69, 9.17) is 5.11 Å². The molecule has 0 aromatic heterocycles. The topological polar surface area (TPSA) is 72.7 Å². The predicted octanol–water partition coefficient (Wildman–Crippen LogP) is 2.97. The van der Waals surface area contributed by atoms with Crippen LogP contribution in [-0.2, 0) is 0 Å². The number of carbonyl (C=O) groups is 1. The molecule has 0 aliphatic carbocycles. The van der Waals surface area contributed by atoms with E-state index in [9.17, 15) is 9.90 Å². The molecule has 0 aliphatic rings. The molecule has 2 aromatic rings. The summed E-state index contributed by atoms with van der Waals surface area (Å²) < 4.78 is 0.764. The third-order valence-electron chi connectivity index (χ3n) is 2.45. The maximum Gasteiger partial charge on any atom is 0.337 e. The fourth-order valence-electron chi connectivity index (χ4n) is 1.53. The third kappa shape index (κ3) is 3.20. The second kappa shape index (κ2) is 5.67. The standard InChI is InChI=1S/C14H10BrNO3/c15-10-5-6-13(17)9(7-10)8-16-12-4-2-1-3-11(12)14(18)19/h1-8,17H,(H,18,19)/p-1. The summed E-state index contributed by atoms with van der Waals surface area (Å²) in [6.45, 7) is 0. The van der Waals surface area contributed by atoms with E-state index in [2.05, 4.69) is 20.9 Å². The number of carboxylic acid groups (broad SMARTS) is 1. The lowest BCUT2D eigenvalue weighted by molar-refractivity contribution is -0.268. The highest BCUT2D eigenvalue weighted by Crippen LogP contribution is 2.21. The summed E-state index contributed by atoms with van der Waals surface area (Å²) in [6, 6.07) is 11.1. The second-order valence-corrected chi connectivity index (χ2v) is 4.68. The number of halogens is 1. The van der Waals surface area contributed by atoms with Crippen LogP contribution in [0.3, 0.4) is 0 Å². The highest BCUT2D eigenvalue weighted by atomic mass is 79.9. The summed E-state index contributed by atoms with van der Waals surface area (Å²) in [7, 11) is 0. The normalized spacial score (nSPS) is 10.8. The number of nitrogens with zero attached hydrogens (tertiary/aromatic N) is 1. The first kappa shape index (κ1) is 13.3. The molecule has 96 valence electrons. The molecule has 0 atom stereocenters. The zero-order valence-corrected chi connectivity index (χ0v) is 11.3. The molecule has 0 saturated carbocycles. The van der Waals surface area contributed by atoms with Crippen molar-refractivity contribution in [3.05, 3.63) is 58.1 Å². The Balaban J connectivity index is 2.38.